The molecule has 1 saturated heterocycles. The van der Waals surface area contributed by atoms with Crippen LogP contribution in [0.4, 0.5) is 5.82 Å². The van der Waals surface area contributed by atoms with Gasteiger partial charge in [-0.05, 0) is 24.7 Å². The minimum atomic E-state index is -0.0317. The average molecular weight is 206 g/mol. The summed E-state index contributed by atoms with van der Waals surface area (Å²) in [7, 11) is 0. The number of hydrogen-bond acceptors (Lipinski definition) is 3. The Kier molecular flexibility index (Phi) is 1.82. The van der Waals surface area contributed by atoms with Crippen molar-refractivity contribution in [2.75, 3.05) is 11.9 Å². The summed E-state index contributed by atoms with van der Waals surface area (Å²) >= 11 is 0. The maximum atomic E-state index is 11.8. The Hall–Kier alpha value is -1.36. The van der Waals surface area contributed by atoms with Crippen LogP contribution in [0.3, 0.4) is 0 Å². The zero-order chi connectivity index (χ0) is 10.3. The Balaban J connectivity index is 1.61. The minimum absolute atomic E-state index is 0.0317. The van der Waals surface area contributed by atoms with Gasteiger partial charge in [-0.2, -0.15) is 5.10 Å². The van der Waals surface area contributed by atoms with Crippen molar-refractivity contribution in [2.24, 2.45) is 5.41 Å². The molecule has 3 N–H and O–H groups in total. The molecule has 1 atom stereocenters. The fourth-order valence-corrected chi connectivity index (χ4v) is 2.21. The largest absolute Gasteiger partial charge is 0.310 e. The smallest absolute Gasteiger partial charge is 0.242 e. The predicted octanol–water partition coefficient (Wildman–Crippen LogP) is 0.490. The van der Waals surface area contributed by atoms with Crippen molar-refractivity contribution in [3.8, 4) is 0 Å². The summed E-state index contributed by atoms with van der Waals surface area (Å²) < 4.78 is 0. The molecule has 0 radical (unpaired) electrons. The lowest BCUT2D eigenvalue weighted by molar-refractivity contribution is -0.117. The van der Waals surface area contributed by atoms with Crippen LogP contribution in [0.5, 0.6) is 0 Å². The van der Waals surface area contributed by atoms with E-state index in [2.05, 4.69) is 20.8 Å². The number of anilines is 1. The lowest BCUT2D eigenvalue weighted by atomic mass is 10.0. The summed E-state index contributed by atoms with van der Waals surface area (Å²) in [6, 6.07) is 1.72. The van der Waals surface area contributed by atoms with E-state index in [9.17, 15) is 4.79 Å². The number of aromatic nitrogens is 2. The van der Waals surface area contributed by atoms with E-state index in [1.165, 1.54) is 12.8 Å². The Morgan fingerprint density at radius 1 is 1.60 bits per heavy atom. The van der Waals surface area contributed by atoms with Crippen LogP contribution in [0.2, 0.25) is 0 Å². The first-order valence-electron chi connectivity index (χ1n) is 5.31. The molecule has 1 aromatic heterocycles. The Morgan fingerprint density at radius 3 is 3.07 bits per heavy atom. The Morgan fingerprint density at radius 2 is 2.47 bits per heavy atom. The molecule has 5 heteroatoms. The molecule has 1 aliphatic carbocycles. The Labute approximate surface area is 87.6 Å². The van der Waals surface area contributed by atoms with Crippen LogP contribution in [-0.2, 0) is 4.79 Å². The highest BCUT2D eigenvalue weighted by atomic mass is 16.2. The second-order valence-electron chi connectivity index (χ2n) is 4.60. The molecule has 1 saturated carbocycles. The van der Waals surface area contributed by atoms with E-state index in [-0.39, 0.29) is 11.9 Å². The van der Waals surface area contributed by atoms with E-state index >= 15 is 0 Å². The minimum Gasteiger partial charge on any atom is -0.310 e. The van der Waals surface area contributed by atoms with Crippen LogP contribution in [0.25, 0.3) is 0 Å². The van der Waals surface area contributed by atoms with Crippen molar-refractivity contribution in [2.45, 2.75) is 25.3 Å². The molecule has 3 rings (SSSR count). The number of hydrogen-bond donors (Lipinski definition) is 3. The normalized spacial score (nSPS) is 26.8. The van der Waals surface area contributed by atoms with Crippen molar-refractivity contribution in [1.82, 2.24) is 15.5 Å². The number of amides is 1. The molecule has 1 aliphatic heterocycles. The number of nitrogens with one attached hydrogen (secondary N) is 3. The zero-order valence-electron chi connectivity index (χ0n) is 8.42. The topological polar surface area (TPSA) is 69.8 Å². The molecule has 5 nitrogen and oxygen atoms in total. The lowest BCUT2D eigenvalue weighted by Gasteiger charge is -2.09. The van der Waals surface area contributed by atoms with Crippen LogP contribution in [0.1, 0.15) is 19.3 Å². The molecule has 2 fully saturated rings. The first kappa shape index (κ1) is 8.91. The molecule has 1 amide bonds. The second kappa shape index (κ2) is 3.06. The van der Waals surface area contributed by atoms with Gasteiger partial charge >= 0.3 is 0 Å². The molecule has 2 heterocycles. The van der Waals surface area contributed by atoms with E-state index in [1.54, 1.807) is 12.3 Å². The first-order chi connectivity index (χ1) is 7.27. The number of carbonyl (C=O) groups is 1. The summed E-state index contributed by atoms with van der Waals surface area (Å²) in [5.74, 6) is 0.710. The maximum Gasteiger partial charge on any atom is 0.242 e. The van der Waals surface area contributed by atoms with Gasteiger partial charge in [0.15, 0.2) is 0 Å². The molecule has 1 spiro atoms. The monoisotopic (exact) mass is 206 g/mol. The second-order valence-corrected chi connectivity index (χ2v) is 4.60. The van der Waals surface area contributed by atoms with E-state index < -0.39 is 0 Å². The third kappa shape index (κ3) is 1.63. The van der Waals surface area contributed by atoms with Crippen LogP contribution in [0.15, 0.2) is 12.3 Å². The summed E-state index contributed by atoms with van der Waals surface area (Å²) in [6.07, 6.45) is 5.15. The Bertz CT molecular complexity index is 369. The van der Waals surface area contributed by atoms with Crippen molar-refractivity contribution in [3.63, 3.8) is 0 Å². The van der Waals surface area contributed by atoms with Crippen LogP contribution < -0.4 is 10.6 Å². The fraction of sp³-hybridized carbons (Fsp3) is 0.600. The van der Waals surface area contributed by atoms with Gasteiger partial charge in [0.25, 0.3) is 0 Å². The molecule has 0 bridgehead atoms. The van der Waals surface area contributed by atoms with Gasteiger partial charge in [0.1, 0.15) is 5.82 Å². The molecule has 0 aromatic carbocycles. The van der Waals surface area contributed by atoms with Gasteiger partial charge in [0, 0.05) is 12.6 Å². The van der Waals surface area contributed by atoms with Gasteiger partial charge < -0.3 is 10.6 Å². The number of aromatic amines is 1. The van der Waals surface area contributed by atoms with Crippen LogP contribution in [-0.4, -0.2) is 28.7 Å². The predicted molar refractivity (Wildman–Crippen MR) is 55.3 cm³/mol. The molecular weight excluding hydrogens is 192 g/mol. The third-order valence-corrected chi connectivity index (χ3v) is 3.39. The third-order valence-electron chi connectivity index (χ3n) is 3.39. The van der Waals surface area contributed by atoms with E-state index in [1.807, 2.05) is 0 Å². The van der Waals surface area contributed by atoms with E-state index in [4.69, 9.17) is 0 Å². The summed E-state index contributed by atoms with van der Waals surface area (Å²) in [5, 5.41) is 12.6. The van der Waals surface area contributed by atoms with Crippen LogP contribution >= 0.6 is 0 Å². The molecule has 1 unspecified atom stereocenters. The summed E-state index contributed by atoms with van der Waals surface area (Å²) in [4.78, 5) is 11.8. The molecule has 1 aromatic rings. The fourth-order valence-electron chi connectivity index (χ4n) is 2.21. The number of nitrogens with zero attached hydrogens (tertiary/aromatic N) is 1. The molecular formula is C10H14N4O. The van der Waals surface area contributed by atoms with Gasteiger partial charge in [-0.1, -0.05) is 0 Å². The highest BCUT2D eigenvalue weighted by molar-refractivity contribution is 5.94. The van der Waals surface area contributed by atoms with E-state index in [0.29, 0.717) is 11.2 Å². The summed E-state index contributed by atoms with van der Waals surface area (Å²) in [5.41, 5.74) is 0.454. The average Bonchev–Trinajstić information content (AvgIpc) is 2.66. The molecule has 2 aliphatic rings. The van der Waals surface area contributed by atoms with Crippen molar-refractivity contribution < 1.29 is 4.79 Å². The van der Waals surface area contributed by atoms with Gasteiger partial charge in [0.2, 0.25) is 5.91 Å². The summed E-state index contributed by atoms with van der Waals surface area (Å²) in [6.45, 7) is 0.994. The zero-order valence-corrected chi connectivity index (χ0v) is 8.42. The number of rotatable bonds is 2. The van der Waals surface area contributed by atoms with Gasteiger partial charge in [-0.25, -0.2) is 0 Å². The van der Waals surface area contributed by atoms with Gasteiger partial charge in [0.05, 0.1) is 12.2 Å². The van der Waals surface area contributed by atoms with Crippen LogP contribution in [0, 0.1) is 5.41 Å². The van der Waals surface area contributed by atoms with E-state index in [0.717, 1.165) is 13.0 Å². The van der Waals surface area contributed by atoms with Gasteiger partial charge in [-0.15, -0.1) is 0 Å². The first-order valence-corrected chi connectivity index (χ1v) is 5.31. The van der Waals surface area contributed by atoms with Crippen molar-refractivity contribution in [1.29, 1.82) is 0 Å². The maximum absolute atomic E-state index is 11.8. The number of carbonyl (C=O) groups excluding carboxylic acids is 1. The number of H-pyrrole nitrogens is 1. The standard InChI is InChI=1S/C10H14N4O/c15-9(13-8-1-4-12-14-8)7-5-10(2-3-10)6-11-7/h1,4,7,11H,2-3,5-6H2,(H2,12,13,14,15). The van der Waals surface area contributed by atoms with Crippen molar-refractivity contribution >= 4 is 11.7 Å². The van der Waals surface area contributed by atoms with Crippen molar-refractivity contribution in [3.05, 3.63) is 12.3 Å². The SMILES string of the molecule is O=C(Nc1ccn[nH]1)C1CC2(CC2)CN1. The molecule has 15 heavy (non-hydrogen) atoms. The molecule has 80 valence electrons. The quantitative estimate of drug-likeness (QED) is 0.659. The highest BCUT2D eigenvalue weighted by Gasteiger charge is 2.49. The lowest BCUT2D eigenvalue weighted by Crippen LogP contribution is -2.35. The van der Waals surface area contributed by atoms with Gasteiger partial charge in [-0.3, -0.25) is 9.89 Å². The highest BCUT2D eigenvalue weighted by Crippen LogP contribution is 2.51.